The van der Waals surface area contributed by atoms with Gasteiger partial charge in [-0.15, -0.1) is 0 Å². The molecule has 0 bridgehead atoms. The monoisotopic (exact) mass is 247 g/mol. The zero-order valence-corrected chi connectivity index (χ0v) is 10.1. The standard InChI is InChI=1S/C10H14ClNO2S/c1-15(13,14)9-4-5-10(11)8(7-9)3-2-6-12/h4-5,7H,2-3,6,12H2,1H3. The molecule has 84 valence electrons. The van der Waals surface area contributed by atoms with Gasteiger partial charge in [0, 0.05) is 11.3 Å². The van der Waals surface area contributed by atoms with Gasteiger partial charge in [-0.3, -0.25) is 0 Å². The highest BCUT2D eigenvalue weighted by Crippen LogP contribution is 2.21. The summed E-state index contributed by atoms with van der Waals surface area (Å²) in [5, 5.41) is 0.593. The van der Waals surface area contributed by atoms with E-state index >= 15 is 0 Å². The Bertz CT molecular complexity index is 443. The molecule has 0 aromatic heterocycles. The minimum absolute atomic E-state index is 0.305. The van der Waals surface area contributed by atoms with E-state index in [2.05, 4.69) is 0 Å². The Morgan fingerprint density at radius 2 is 2.07 bits per heavy atom. The Labute approximate surface area is 95.2 Å². The van der Waals surface area contributed by atoms with E-state index in [0.29, 0.717) is 22.9 Å². The predicted octanol–water partition coefficient (Wildman–Crippen LogP) is 1.63. The zero-order chi connectivity index (χ0) is 11.5. The fraction of sp³-hybridized carbons (Fsp3) is 0.400. The van der Waals surface area contributed by atoms with Crippen molar-refractivity contribution in [1.29, 1.82) is 0 Å². The van der Waals surface area contributed by atoms with Gasteiger partial charge in [-0.25, -0.2) is 8.42 Å². The number of hydrogen-bond acceptors (Lipinski definition) is 3. The summed E-state index contributed by atoms with van der Waals surface area (Å²) < 4.78 is 22.6. The largest absolute Gasteiger partial charge is 0.330 e. The molecule has 0 saturated carbocycles. The Morgan fingerprint density at radius 3 is 2.60 bits per heavy atom. The van der Waals surface area contributed by atoms with E-state index in [1.165, 1.54) is 12.3 Å². The molecule has 0 heterocycles. The van der Waals surface area contributed by atoms with Gasteiger partial charge >= 0.3 is 0 Å². The van der Waals surface area contributed by atoms with Gasteiger partial charge in [-0.1, -0.05) is 11.6 Å². The SMILES string of the molecule is CS(=O)(=O)c1ccc(Cl)c(CCCN)c1. The maximum Gasteiger partial charge on any atom is 0.175 e. The summed E-state index contributed by atoms with van der Waals surface area (Å²) in [6, 6.07) is 4.75. The summed E-state index contributed by atoms with van der Waals surface area (Å²) in [5.74, 6) is 0. The van der Waals surface area contributed by atoms with Crippen molar-refractivity contribution in [3.05, 3.63) is 28.8 Å². The number of halogens is 1. The molecule has 1 aromatic carbocycles. The number of rotatable bonds is 4. The van der Waals surface area contributed by atoms with Crippen LogP contribution in [0.3, 0.4) is 0 Å². The van der Waals surface area contributed by atoms with E-state index in [4.69, 9.17) is 17.3 Å². The predicted molar refractivity (Wildman–Crippen MR) is 61.9 cm³/mol. The van der Waals surface area contributed by atoms with E-state index in [-0.39, 0.29) is 0 Å². The summed E-state index contributed by atoms with van der Waals surface area (Å²) in [6.07, 6.45) is 2.69. The first-order valence-electron chi connectivity index (χ1n) is 4.63. The molecule has 0 unspecified atom stereocenters. The number of hydrogen-bond donors (Lipinski definition) is 1. The molecule has 0 fully saturated rings. The van der Waals surface area contributed by atoms with Gasteiger partial charge in [0.05, 0.1) is 4.90 Å². The number of aryl methyl sites for hydroxylation is 1. The molecule has 0 aliphatic rings. The first-order valence-corrected chi connectivity index (χ1v) is 6.90. The van der Waals surface area contributed by atoms with Crippen LogP contribution in [0.5, 0.6) is 0 Å². The summed E-state index contributed by atoms with van der Waals surface area (Å²) in [5.41, 5.74) is 6.23. The van der Waals surface area contributed by atoms with Crippen LogP contribution in [-0.4, -0.2) is 21.2 Å². The van der Waals surface area contributed by atoms with Gasteiger partial charge < -0.3 is 5.73 Å². The van der Waals surface area contributed by atoms with Gasteiger partial charge in [0.1, 0.15) is 0 Å². The van der Waals surface area contributed by atoms with E-state index < -0.39 is 9.84 Å². The topological polar surface area (TPSA) is 60.2 Å². The van der Waals surface area contributed by atoms with Crippen LogP contribution in [0.15, 0.2) is 23.1 Å². The Morgan fingerprint density at radius 1 is 1.40 bits per heavy atom. The van der Waals surface area contributed by atoms with Crippen LogP contribution < -0.4 is 5.73 Å². The van der Waals surface area contributed by atoms with Crippen LogP contribution in [0.4, 0.5) is 0 Å². The molecule has 0 amide bonds. The van der Waals surface area contributed by atoms with Gasteiger partial charge in [0.25, 0.3) is 0 Å². The minimum atomic E-state index is -3.16. The first-order chi connectivity index (χ1) is 6.95. The maximum absolute atomic E-state index is 11.3. The number of benzene rings is 1. The average Bonchev–Trinajstić information content (AvgIpc) is 2.15. The molecule has 0 saturated heterocycles. The van der Waals surface area contributed by atoms with Crippen molar-refractivity contribution in [3.8, 4) is 0 Å². The lowest BCUT2D eigenvalue weighted by Gasteiger charge is -2.05. The van der Waals surface area contributed by atoms with E-state index in [1.807, 2.05) is 0 Å². The maximum atomic E-state index is 11.3. The molecule has 5 heteroatoms. The fourth-order valence-electron chi connectivity index (χ4n) is 1.27. The normalized spacial score (nSPS) is 11.7. The van der Waals surface area contributed by atoms with Gasteiger partial charge in [-0.2, -0.15) is 0 Å². The molecule has 0 aliphatic carbocycles. The Balaban J connectivity index is 3.06. The van der Waals surface area contributed by atoms with Crippen LogP contribution >= 0.6 is 11.6 Å². The zero-order valence-electron chi connectivity index (χ0n) is 8.53. The number of nitrogens with two attached hydrogens (primary N) is 1. The van der Waals surface area contributed by atoms with Gasteiger partial charge in [0.2, 0.25) is 0 Å². The molecule has 1 aromatic rings. The Hall–Kier alpha value is -0.580. The molecule has 0 radical (unpaired) electrons. The quantitative estimate of drug-likeness (QED) is 0.880. The second-order valence-electron chi connectivity index (χ2n) is 3.42. The van der Waals surface area contributed by atoms with E-state index in [1.54, 1.807) is 12.1 Å². The third-order valence-electron chi connectivity index (χ3n) is 2.10. The molecular weight excluding hydrogens is 234 g/mol. The lowest BCUT2D eigenvalue weighted by molar-refractivity contribution is 0.601. The fourth-order valence-corrected chi connectivity index (χ4v) is 2.15. The van der Waals surface area contributed by atoms with E-state index in [0.717, 1.165) is 12.0 Å². The summed E-state index contributed by atoms with van der Waals surface area (Å²) in [7, 11) is -3.16. The smallest absolute Gasteiger partial charge is 0.175 e. The third-order valence-corrected chi connectivity index (χ3v) is 3.57. The Kier molecular flexibility index (Phi) is 4.13. The minimum Gasteiger partial charge on any atom is -0.330 e. The van der Waals surface area contributed by atoms with Crippen molar-refractivity contribution in [2.24, 2.45) is 5.73 Å². The summed E-state index contributed by atoms with van der Waals surface area (Å²) in [4.78, 5) is 0.305. The third kappa shape index (κ3) is 3.48. The van der Waals surface area contributed by atoms with Crippen LogP contribution in [0.25, 0.3) is 0 Å². The molecular formula is C10H14ClNO2S. The summed E-state index contributed by atoms with van der Waals surface area (Å²) in [6.45, 7) is 0.569. The molecule has 15 heavy (non-hydrogen) atoms. The molecule has 2 N–H and O–H groups in total. The van der Waals surface area contributed by atoms with Crippen LogP contribution in [0, 0.1) is 0 Å². The molecule has 0 aliphatic heterocycles. The molecule has 0 spiro atoms. The highest BCUT2D eigenvalue weighted by molar-refractivity contribution is 7.90. The van der Waals surface area contributed by atoms with Crippen LogP contribution in [-0.2, 0) is 16.3 Å². The van der Waals surface area contributed by atoms with Crippen LogP contribution in [0.2, 0.25) is 5.02 Å². The second-order valence-corrected chi connectivity index (χ2v) is 5.84. The van der Waals surface area contributed by atoms with Crippen molar-refractivity contribution in [2.45, 2.75) is 17.7 Å². The van der Waals surface area contributed by atoms with Crippen molar-refractivity contribution < 1.29 is 8.42 Å². The highest BCUT2D eigenvalue weighted by atomic mass is 35.5. The highest BCUT2D eigenvalue weighted by Gasteiger charge is 2.09. The first kappa shape index (κ1) is 12.5. The van der Waals surface area contributed by atoms with Crippen molar-refractivity contribution in [3.63, 3.8) is 0 Å². The average molecular weight is 248 g/mol. The molecule has 0 atom stereocenters. The van der Waals surface area contributed by atoms with Crippen molar-refractivity contribution in [2.75, 3.05) is 12.8 Å². The molecule has 1 rings (SSSR count). The summed E-state index contributed by atoms with van der Waals surface area (Å²) >= 11 is 5.95. The van der Waals surface area contributed by atoms with E-state index in [9.17, 15) is 8.42 Å². The van der Waals surface area contributed by atoms with Gasteiger partial charge in [-0.05, 0) is 43.1 Å². The lowest BCUT2D eigenvalue weighted by atomic mass is 10.1. The van der Waals surface area contributed by atoms with Crippen molar-refractivity contribution in [1.82, 2.24) is 0 Å². The van der Waals surface area contributed by atoms with Gasteiger partial charge in [0.15, 0.2) is 9.84 Å². The second kappa shape index (κ2) is 4.96. The van der Waals surface area contributed by atoms with Crippen LogP contribution in [0.1, 0.15) is 12.0 Å². The lowest BCUT2D eigenvalue weighted by Crippen LogP contribution is -2.02. The number of sulfone groups is 1. The van der Waals surface area contributed by atoms with Crippen molar-refractivity contribution >= 4 is 21.4 Å². The molecule has 3 nitrogen and oxygen atoms in total.